The minimum Gasteiger partial charge on any atom is -0.462 e. The van der Waals surface area contributed by atoms with Gasteiger partial charge in [0.1, 0.15) is 0 Å². The smallest absolute Gasteiger partial charge is 0.333 e. The first-order valence-corrected chi connectivity index (χ1v) is 7.00. The van der Waals surface area contributed by atoms with Crippen molar-refractivity contribution in [2.45, 2.75) is 32.6 Å². The van der Waals surface area contributed by atoms with E-state index in [0.717, 1.165) is 6.42 Å². The van der Waals surface area contributed by atoms with Crippen molar-refractivity contribution in [1.82, 2.24) is 9.55 Å². The van der Waals surface area contributed by atoms with Crippen LogP contribution in [0, 0.1) is 4.77 Å². The molecule has 21 heavy (non-hydrogen) atoms. The molecule has 0 aliphatic heterocycles. The molecule has 7 heteroatoms. The van der Waals surface area contributed by atoms with Crippen LogP contribution >= 0.6 is 12.2 Å². The topological polar surface area (TPSA) is 81.2 Å². The number of nitrogens with one attached hydrogen (secondary N) is 1. The molecule has 0 fully saturated rings. The molecule has 1 heterocycles. The monoisotopic (exact) mass is 310 g/mol. The number of rotatable bonds is 7. The molecule has 0 amide bonds. The summed E-state index contributed by atoms with van der Waals surface area (Å²) in [4.78, 5) is 36.4. The lowest BCUT2D eigenvalue weighted by molar-refractivity contribution is -0.139. The predicted molar refractivity (Wildman–Crippen MR) is 80.8 cm³/mol. The number of carbonyl (C=O) groups excluding carboxylic acids is 2. The number of unbranched alkanes of at least 4 members (excludes halogenated alkanes) is 2. The number of aromatic nitrogens is 2. The number of hydrogen-bond donors (Lipinski definition) is 1. The Balaban J connectivity index is 2.28. The molecule has 0 atom stereocenters. The molecule has 1 N–H and O–H groups in total. The molecule has 6 nitrogen and oxygen atoms in total. The predicted octanol–water partition coefficient (Wildman–Crippen LogP) is 2.23. The van der Waals surface area contributed by atoms with E-state index in [2.05, 4.69) is 11.6 Å². The highest BCUT2D eigenvalue weighted by molar-refractivity contribution is 7.71. The average molecular weight is 310 g/mol. The standard InChI is InChI=1S/C14H18N2O4S/c1-10(2)13(19)20-9-5-3-4-6-12(18)16-8-7-11(17)15-14(16)21/h7-8H,1,3-6,9H2,2H3,(H,15,17,21). The third kappa shape index (κ3) is 5.86. The third-order valence-electron chi connectivity index (χ3n) is 2.71. The quantitative estimate of drug-likeness (QED) is 0.361. The summed E-state index contributed by atoms with van der Waals surface area (Å²) in [6, 6.07) is 1.25. The molecule has 114 valence electrons. The number of aromatic amines is 1. The Bertz CT molecular complexity index is 645. The van der Waals surface area contributed by atoms with E-state index in [1.807, 2.05) is 0 Å². The van der Waals surface area contributed by atoms with E-state index < -0.39 is 5.97 Å². The summed E-state index contributed by atoms with van der Waals surface area (Å²) in [5, 5.41) is 0. The normalized spacial score (nSPS) is 10.1. The van der Waals surface area contributed by atoms with Gasteiger partial charge in [0.15, 0.2) is 4.77 Å². The summed E-state index contributed by atoms with van der Waals surface area (Å²) in [6.07, 6.45) is 3.78. The lowest BCUT2D eigenvalue weighted by Crippen LogP contribution is -2.17. The van der Waals surface area contributed by atoms with Crippen molar-refractivity contribution in [3.8, 4) is 0 Å². The first kappa shape index (κ1) is 17.0. The summed E-state index contributed by atoms with van der Waals surface area (Å²) < 4.78 is 6.29. The van der Waals surface area contributed by atoms with Crippen LogP contribution in [-0.2, 0) is 9.53 Å². The van der Waals surface area contributed by atoms with E-state index in [1.54, 1.807) is 6.92 Å². The minimum atomic E-state index is -0.398. The van der Waals surface area contributed by atoms with Crippen LogP contribution in [0.15, 0.2) is 29.2 Å². The highest BCUT2D eigenvalue weighted by atomic mass is 32.1. The number of nitrogens with zero attached hydrogens (tertiary/aromatic N) is 1. The van der Waals surface area contributed by atoms with Gasteiger partial charge in [-0.15, -0.1) is 0 Å². The number of hydrogen-bond acceptors (Lipinski definition) is 5. The van der Waals surface area contributed by atoms with Crippen LogP contribution in [0.4, 0.5) is 0 Å². The molecule has 0 aliphatic rings. The van der Waals surface area contributed by atoms with Crippen LogP contribution in [-0.4, -0.2) is 28.0 Å². The van der Waals surface area contributed by atoms with Crippen molar-refractivity contribution >= 4 is 24.1 Å². The third-order valence-corrected chi connectivity index (χ3v) is 3.01. The summed E-state index contributed by atoms with van der Waals surface area (Å²) in [5.74, 6) is -0.569. The molecule has 0 saturated heterocycles. The SMILES string of the molecule is C=C(C)C(=O)OCCCCCC(=O)n1ccc(=O)[nH]c1=S. The second-order valence-corrected chi connectivity index (χ2v) is 4.99. The molecule has 1 aromatic heterocycles. The number of ether oxygens (including phenoxy) is 1. The summed E-state index contributed by atoms with van der Waals surface area (Å²) in [7, 11) is 0. The van der Waals surface area contributed by atoms with Gasteiger partial charge in [-0.05, 0) is 38.4 Å². The molecule has 1 rings (SSSR count). The fourth-order valence-electron chi connectivity index (χ4n) is 1.58. The fourth-order valence-corrected chi connectivity index (χ4v) is 1.84. The van der Waals surface area contributed by atoms with Gasteiger partial charge in [0.2, 0.25) is 5.91 Å². The maximum atomic E-state index is 11.9. The maximum Gasteiger partial charge on any atom is 0.333 e. The van der Waals surface area contributed by atoms with Crippen LogP contribution in [0.25, 0.3) is 0 Å². The van der Waals surface area contributed by atoms with E-state index in [1.165, 1.54) is 16.8 Å². The molecular weight excluding hydrogens is 292 g/mol. The van der Waals surface area contributed by atoms with Gasteiger partial charge < -0.3 is 4.74 Å². The molecule has 0 bridgehead atoms. The number of esters is 1. The van der Waals surface area contributed by atoms with Gasteiger partial charge in [0.25, 0.3) is 5.56 Å². The molecule has 0 aromatic carbocycles. The maximum absolute atomic E-state index is 11.9. The van der Waals surface area contributed by atoms with Gasteiger partial charge in [0, 0.05) is 24.3 Å². The van der Waals surface area contributed by atoms with Crippen LogP contribution in [0.3, 0.4) is 0 Å². The largest absolute Gasteiger partial charge is 0.462 e. The van der Waals surface area contributed by atoms with E-state index in [4.69, 9.17) is 17.0 Å². The highest BCUT2D eigenvalue weighted by Gasteiger charge is 2.06. The summed E-state index contributed by atoms with van der Waals surface area (Å²) >= 11 is 4.91. The zero-order valence-electron chi connectivity index (χ0n) is 11.9. The first-order chi connectivity index (χ1) is 9.91. The van der Waals surface area contributed by atoms with Crippen molar-refractivity contribution in [2.75, 3.05) is 6.61 Å². The Hall–Kier alpha value is -2.02. The van der Waals surface area contributed by atoms with Crippen LogP contribution in [0.1, 0.15) is 37.4 Å². The van der Waals surface area contributed by atoms with Crippen molar-refractivity contribution in [2.24, 2.45) is 0 Å². The Labute approximate surface area is 127 Å². The van der Waals surface area contributed by atoms with Gasteiger partial charge in [-0.2, -0.15) is 0 Å². The molecule has 0 aliphatic carbocycles. The number of carbonyl (C=O) groups is 2. The van der Waals surface area contributed by atoms with Gasteiger partial charge in [0.05, 0.1) is 6.61 Å². The van der Waals surface area contributed by atoms with Crippen molar-refractivity contribution in [1.29, 1.82) is 0 Å². The molecule has 0 saturated carbocycles. The van der Waals surface area contributed by atoms with Crippen LogP contribution in [0.2, 0.25) is 0 Å². The lowest BCUT2D eigenvalue weighted by atomic mass is 10.2. The van der Waals surface area contributed by atoms with E-state index in [0.29, 0.717) is 31.4 Å². The molecular formula is C14H18N2O4S. The minimum absolute atomic E-state index is 0.0999. The van der Waals surface area contributed by atoms with Gasteiger partial charge in [-0.3, -0.25) is 19.1 Å². The Kier molecular flexibility index (Phi) is 6.74. The highest BCUT2D eigenvalue weighted by Crippen LogP contribution is 2.04. The summed E-state index contributed by atoms with van der Waals surface area (Å²) in [5.41, 5.74) is 0.0426. The Morgan fingerprint density at radius 1 is 1.38 bits per heavy atom. The van der Waals surface area contributed by atoms with Crippen molar-refractivity contribution in [3.63, 3.8) is 0 Å². The van der Waals surface area contributed by atoms with Gasteiger partial charge >= 0.3 is 5.97 Å². The van der Waals surface area contributed by atoms with Gasteiger partial charge in [-0.25, -0.2) is 4.79 Å². The Morgan fingerprint density at radius 2 is 2.10 bits per heavy atom. The van der Waals surface area contributed by atoms with Crippen LogP contribution < -0.4 is 5.56 Å². The van der Waals surface area contributed by atoms with Crippen molar-refractivity contribution in [3.05, 3.63) is 39.5 Å². The fraction of sp³-hybridized carbons (Fsp3) is 0.429. The molecule has 1 aromatic rings. The second-order valence-electron chi connectivity index (χ2n) is 4.60. The first-order valence-electron chi connectivity index (χ1n) is 6.59. The van der Waals surface area contributed by atoms with E-state index in [-0.39, 0.29) is 16.2 Å². The van der Waals surface area contributed by atoms with E-state index in [9.17, 15) is 14.4 Å². The zero-order valence-corrected chi connectivity index (χ0v) is 12.7. The lowest BCUT2D eigenvalue weighted by Gasteiger charge is -2.05. The molecule has 0 unspecified atom stereocenters. The number of H-pyrrole nitrogens is 1. The van der Waals surface area contributed by atoms with Crippen molar-refractivity contribution < 1.29 is 14.3 Å². The zero-order chi connectivity index (χ0) is 15.8. The molecule has 0 spiro atoms. The summed E-state index contributed by atoms with van der Waals surface area (Å²) in [6.45, 7) is 5.39. The van der Waals surface area contributed by atoms with Crippen LogP contribution in [0.5, 0.6) is 0 Å². The molecule has 0 radical (unpaired) electrons. The van der Waals surface area contributed by atoms with Gasteiger partial charge in [-0.1, -0.05) is 6.58 Å². The Morgan fingerprint density at radius 3 is 2.71 bits per heavy atom. The van der Waals surface area contributed by atoms with E-state index >= 15 is 0 Å². The second kappa shape index (κ2) is 8.31. The average Bonchev–Trinajstić information content (AvgIpc) is 2.41.